The number of anilines is 1. The van der Waals surface area contributed by atoms with Gasteiger partial charge in [0.05, 0.1) is 32.3 Å². The fourth-order valence-corrected chi connectivity index (χ4v) is 11.8. The molecule has 448 valence electrons. The van der Waals surface area contributed by atoms with Crippen LogP contribution in [0.4, 0.5) is 56.9 Å². The van der Waals surface area contributed by atoms with Gasteiger partial charge in [-0.2, -0.15) is 60.3 Å². The number of nitrogens with zero attached hydrogens (tertiary/aromatic N) is 11. The number of hydrogen-bond donors (Lipinski definition) is 10. The van der Waals surface area contributed by atoms with Crippen LogP contribution in [-0.4, -0.2) is 114 Å². The van der Waals surface area contributed by atoms with E-state index in [-0.39, 0.29) is 17.7 Å². The van der Waals surface area contributed by atoms with Gasteiger partial charge in [0.1, 0.15) is 58.6 Å². The van der Waals surface area contributed by atoms with E-state index >= 15 is 0 Å². The molecule has 43 heteroatoms. The van der Waals surface area contributed by atoms with Gasteiger partial charge in [-0.25, -0.2) is 0 Å². The Labute approximate surface area is 479 Å². The van der Waals surface area contributed by atoms with E-state index in [4.69, 9.17) is 10.5 Å². The highest BCUT2D eigenvalue weighted by molar-refractivity contribution is 7.87. The average molecular weight is 1310 g/mol. The summed E-state index contributed by atoms with van der Waals surface area (Å²) in [5.41, 5.74) is -2.09. The van der Waals surface area contributed by atoms with Gasteiger partial charge in [-0.1, -0.05) is 6.07 Å². The largest absolute Gasteiger partial charge is 0.505 e. The summed E-state index contributed by atoms with van der Waals surface area (Å²) in [4.78, 5) is 15.0. The van der Waals surface area contributed by atoms with Crippen LogP contribution in [0.25, 0.3) is 27.2 Å². The number of aromatic nitrogens is 2. The second-order valence-corrected chi connectivity index (χ2v) is 25.3. The molecule has 1 heterocycles. The van der Waals surface area contributed by atoms with Crippen molar-refractivity contribution in [2.24, 2.45) is 40.9 Å². The van der Waals surface area contributed by atoms with Crippen LogP contribution in [0.2, 0.25) is 0 Å². The SMILES string of the molecule is Cc1cc(S(=O)(=O)O)c(/N=N/c2c(OC=O)nn(-c3ccc(S(=O)(=O)O)cc3)c2O)cc1N=Nc1c(S(=O)(=O)O)cc2c(S(=O)(=O)O)c(N=Nc3cc(S(=O)(=O)O)c4ccc(N=Nc5ccc([N+](=O)[O-])cc5S(=O)(=O)O)c(O)c4c3N)ccc2c1O. The highest BCUT2D eigenvalue weighted by atomic mass is 32.2. The number of aromatic hydroxyl groups is 3. The van der Waals surface area contributed by atoms with Gasteiger partial charge in [-0.15, -0.1) is 40.9 Å². The highest BCUT2D eigenvalue weighted by Gasteiger charge is 2.30. The molecular formula is C43H30N12O25S6. The molecular weight excluding hydrogens is 1280 g/mol. The number of azo groups is 4. The minimum Gasteiger partial charge on any atom is -0.505 e. The number of phenolic OH excluding ortho intramolecular Hbond substituents is 2. The normalized spacial score (nSPS) is 13.1. The van der Waals surface area contributed by atoms with E-state index in [1.807, 2.05) is 0 Å². The van der Waals surface area contributed by atoms with E-state index in [2.05, 4.69) is 46.0 Å². The first kappa shape index (κ1) is 62.3. The Kier molecular flexibility index (Phi) is 16.2. The monoisotopic (exact) mass is 1310 g/mol. The van der Waals surface area contributed by atoms with Gasteiger partial charge in [0.25, 0.3) is 78.7 Å². The molecule has 0 fully saturated rings. The number of hydrogen-bond acceptors (Lipinski definition) is 29. The van der Waals surface area contributed by atoms with Gasteiger partial charge in [0.15, 0.2) is 11.5 Å². The minimum atomic E-state index is -5.70. The zero-order chi connectivity index (χ0) is 63.6. The molecule has 8 rings (SSSR count). The van der Waals surface area contributed by atoms with Crippen molar-refractivity contribution in [1.29, 1.82) is 0 Å². The number of nitrogens with two attached hydrogens (primary N) is 1. The number of benzene rings is 7. The first-order valence-electron chi connectivity index (χ1n) is 22.2. The molecule has 7 aromatic carbocycles. The number of ether oxygens (including phenoxy) is 1. The number of nitrogen functional groups attached to an aromatic ring is 1. The lowest BCUT2D eigenvalue weighted by Crippen LogP contribution is -2.03. The number of nitro groups is 1. The van der Waals surface area contributed by atoms with Crippen LogP contribution >= 0.6 is 0 Å². The molecule has 0 amide bonds. The molecule has 0 aliphatic carbocycles. The Balaban J connectivity index is 1.22. The van der Waals surface area contributed by atoms with Gasteiger partial charge in [0, 0.05) is 28.3 Å². The van der Waals surface area contributed by atoms with Crippen molar-refractivity contribution < 1.29 is 108 Å². The summed E-state index contributed by atoms with van der Waals surface area (Å²) in [6.07, 6.45) is 0. The smallest absolute Gasteiger partial charge is 0.299 e. The van der Waals surface area contributed by atoms with Gasteiger partial charge in [0.2, 0.25) is 11.6 Å². The van der Waals surface area contributed by atoms with E-state index < -0.39 is 197 Å². The van der Waals surface area contributed by atoms with Crippen molar-refractivity contribution in [2.45, 2.75) is 36.3 Å². The molecule has 0 radical (unpaired) electrons. The van der Waals surface area contributed by atoms with Crippen molar-refractivity contribution in [3.8, 4) is 28.9 Å². The van der Waals surface area contributed by atoms with Crippen molar-refractivity contribution in [2.75, 3.05) is 5.73 Å². The first-order chi connectivity index (χ1) is 39.8. The number of nitro benzene ring substituents is 1. The third kappa shape index (κ3) is 12.5. The zero-order valence-corrected chi connectivity index (χ0v) is 46.6. The molecule has 0 atom stereocenters. The van der Waals surface area contributed by atoms with Gasteiger partial charge in [-0.05, 0) is 85.3 Å². The molecule has 0 aliphatic rings. The van der Waals surface area contributed by atoms with Crippen LogP contribution in [-0.2, 0) is 65.5 Å². The molecule has 0 unspecified atom stereocenters. The van der Waals surface area contributed by atoms with Crippen molar-refractivity contribution >= 4 is 146 Å². The predicted molar refractivity (Wildman–Crippen MR) is 287 cm³/mol. The number of carbonyl (C=O) groups excluding carboxylic acids is 1. The molecule has 86 heavy (non-hydrogen) atoms. The summed E-state index contributed by atoms with van der Waals surface area (Å²) in [7, 11) is -31.9. The molecule has 37 nitrogen and oxygen atoms in total. The van der Waals surface area contributed by atoms with Crippen LogP contribution < -0.4 is 10.5 Å². The number of phenols is 2. The van der Waals surface area contributed by atoms with E-state index in [9.17, 15) is 108 Å². The molecule has 1 aromatic heterocycles. The maximum absolute atomic E-state index is 13.1. The lowest BCUT2D eigenvalue weighted by Gasteiger charge is -2.13. The number of non-ortho nitro benzene ring substituents is 1. The second-order valence-electron chi connectivity index (χ2n) is 17.0. The third-order valence-corrected chi connectivity index (χ3v) is 16.9. The second kappa shape index (κ2) is 22.3. The zero-order valence-electron chi connectivity index (χ0n) is 41.7. The van der Waals surface area contributed by atoms with Gasteiger partial charge < -0.3 is 25.8 Å². The van der Waals surface area contributed by atoms with Crippen LogP contribution in [0.5, 0.6) is 23.3 Å². The Morgan fingerprint density at radius 2 is 1.05 bits per heavy atom. The molecule has 0 bridgehead atoms. The minimum absolute atomic E-state index is 0.134. The fourth-order valence-electron chi connectivity index (χ4n) is 7.78. The van der Waals surface area contributed by atoms with Crippen LogP contribution in [0.1, 0.15) is 5.56 Å². The summed E-state index contributed by atoms with van der Waals surface area (Å²) in [6.45, 7) is 0.978. The number of carbonyl (C=O) groups is 1. The lowest BCUT2D eigenvalue weighted by atomic mass is 10.1. The van der Waals surface area contributed by atoms with Crippen molar-refractivity contribution in [1.82, 2.24) is 9.78 Å². The topological polar surface area (TPSA) is 599 Å². The summed E-state index contributed by atoms with van der Waals surface area (Å²) in [5.74, 6) is -4.17. The summed E-state index contributed by atoms with van der Waals surface area (Å²) in [5, 5.41) is 75.6. The standard InChI is InChI=1S/C43H30N12O25S6/c1-18-12-32(83(68,69)70)29(49-52-38-42(80-17-56)53-54(43(38)59)19-2-5-21(6-3-19)81(62,63)64)15-28(18)48-51-37-34(85(74,75)76)14-24-22(39(37)57)7-11-27(41(24)86(77,78)79)47-50-30-16-31(82(65,66)67)23-8-10-26(40(58)35(23)36(30)44)46-45-25-9-4-20(55(60)61)13-33(25)84(71,72)73/h2-17,57-59H,44H2,1H3,(H,62,63,64)(H,65,66,67)(H,68,69,70)(H,71,72,73)(H,74,75,76)(H,77,78,79)/b46-45?,50-47?,51-48?,52-49+. The number of aryl methyl sites for hydroxylation is 1. The van der Waals surface area contributed by atoms with Crippen LogP contribution in [0.15, 0.2) is 161 Å². The van der Waals surface area contributed by atoms with Crippen LogP contribution in [0.3, 0.4) is 0 Å². The molecule has 8 aromatic rings. The molecule has 11 N–H and O–H groups in total. The number of rotatable bonds is 18. The average Bonchev–Trinajstić information content (AvgIpc) is 0.959. The maximum Gasteiger partial charge on any atom is 0.299 e. The quantitative estimate of drug-likeness (QED) is 0.00978. The van der Waals surface area contributed by atoms with E-state index in [0.717, 1.165) is 73.7 Å². The Morgan fingerprint density at radius 1 is 0.523 bits per heavy atom. The fraction of sp³-hybridized carbons (Fsp3) is 0.0233. The van der Waals surface area contributed by atoms with Gasteiger partial charge >= 0.3 is 0 Å². The third-order valence-electron chi connectivity index (χ3n) is 11.6. The summed E-state index contributed by atoms with van der Waals surface area (Å²) < 4.78 is 215. The Bertz CT molecular complexity index is 5140. The summed E-state index contributed by atoms with van der Waals surface area (Å²) in [6, 6.07) is 11.5. The molecule has 0 saturated heterocycles. The van der Waals surface area contributed by atoms with Crippen molar-refractivity contribution in [3.05, 3.63) is 107 Å². The van der Waals surface area contributed by atoms with Crippen molar-refractivity contribution in [3.63, 3.8) is 0 Å². The van der Waals surface area contributed by atoms with E-state index in [1.54, 1.807) is 0 Å². The van der Waals surface area contributed by atoms with E-state index in [1.165, 1.54) is 0 Å². The van der Waals surface area contributed by atoms with Gasteiger partial charge in [-0.3, -0.25) is 42.2 Å². The van der Waals surface area contributed by atoms with Crippen LogP contribution in [0, 0.1) is 17.0 Å². The predicted octanol–water partition coefficient (Wildman–Crippen LogP) is 7.77. The highest BCUT2D eigenvalue weighted by Crippen LogP contribution is 2.49. The number of fused-ring (bicyclic) bond motifs is 2. The maximum atomic E-state index is 13.1. The Hall–Kier alpha value is -9.80. The molecule has 0 saturated carbocycles. The first-order valence-corrected chi connectivity index (χ1v) is 30.8. The Morgan fingerprint density at radius 3 is 1.63 bits per heavy atom. The lowest BCUT2D eigenvalue weighted by molar-refractivity contribution is -0.385. The molecule has 0 spiro atoms. The van der Waals surface area contributed by atoms with E-state index in [0.29, 0.717) is 28.9 Å². The molecule has 0 aliphatic heterocycles. The summed E-state index contributed by atoms with van der Waals surface area (Å²) >= 11 is 0.